The molecule has 0 radical (unpaired) electrons. The SMILES string of the molecule is CC(F)(F)c1cc2c(c(C3(N=C=O)CCCC3)c1)OCO2. The van der Waals surface area contributed by atoms with Crippen molar-refractivity contribution in [2.24, 2.45) is 4.99 Å². The van der Waals surface area contributed by atoms with Gasteiger partial charge in [0, 0.05) is 18.1 Å². The van der Waals surface area contributed by atoms with Gasteiger partial charge in [-0.05, 0) is 25.0 Å². The number of hydrogen-bond donors (Lipinski definition) is 0. The lowest BCUT2D eigenvalue weighted by atomic mass is 9.86. The number of halogens is 2. The highest BCUT2D eigenvalue weighted by molar-refractivity contribution is 5.56. The van der Waals surface area contributed by atoms with Gasteiger partial charge in [-0.3, -0.25) is 0 Å². The molecule has 4 nitrogen and oxygen atoms in total. The minimum Gasteiger partial charge on any atom is -0.454 e. The first-order valence-electron chi connectivity index (χ1n) is 6.88. The predicted octanol–water partition coefficient (Wildman–Crippen LogP) is 3.63. The number of nitrogens with zero attached hydrogens (tertiary/aromatic N) is 1. The summed E-state index contributed by atoms with van der Waals surface area (Å²) in [5, 5.41) is 0. The number of ether oxygens (including phenoxy) is 2. The normalized spacial score (nSPS) is 19.4. The van der Waals surface area contributed by atoms with E-state index in [1.165, 1.54) is 12.1 Å². The number of fused-ring (bicyclic) bond motifs is 1. The lowest BCUT2D eigenvalue weighted by molar-refractivity contribution is 0.0171. The van der Waals surface area contributed by atoms with Gasteiger partial charge in [-0.2, -0.15) is 4.99 Å². The monoisotopic (exact) mass is 295 g/mol. The van der Waals surface area contributed by atoms with Crippen LogP contribution in [0.2, 0.25) is 0 Å². The van der Waals surface area contributed by atoms with E-state index in [1.807, 2.05) is 0 Å². The second-order valence-corrected chi connectivity index (χ2v) is 5.59. The van der Waals surface area contributed by atoms with Crippen molar-refractivity contribution in [1.82, 2.24) is 0 Å². The van der Waals surface area contributed by atoms with Gasteiger partial charge in [0.25, 0.3) is 5.92 Å². The van der Waals surface area contributed by atoms with Gasteiger partial charge in [-0.15, -0.1) is 0 Å². The van der Waals surface area contributed by atoms with E-state index in [0.29, 0.717) is 24.2 Å². The van der Waals surface area contributed by atoms with Crippen LogP contribution in [0.25, 0.3) is 0 Å². The molecular weight excluding hydrogens is 280 g/mol. The maximum absolute atomic E-state index is 13.7. The lowest BCUT2D eigenvalue weighted by Gasteiger charge is -2.25. The average Bonchev–Trinajstić information content (AvgIpc) is 3.05. The molecule has 0 bridgehead atoms. The Morgan fingerprint density at radius 3 is 2.62 bits per heavy atom. The van der Waals surface area contributed by atoms with E-state index in [1.54, 1.807) is 6.08 Å². The van der Waals surface area contributed by atoms with Crippen LogP contribution in [-0.4, -0.2) is 12.9 Å². The van der Waals surface area contributed by atoms with E-state index in [9.17, 15) is 13.6 Å². The standard InChI is InChI=1S/C15H15F2NO3/c1-14(16,17)10-6-11(13-12(7-10)20-9-21-13)15(18-8-19)4-2-3-5-15/h6-7H,2-5,9H2,1H3. The Labute approximate surface area is 120 Å². The maximum Gasteiger partial charge on any atom is 0.270 e. The van der Waals surface area contributed by atoms with Gasteiger partial charge in [0.05, 0.1) is 0 Å². The van der Waals surface area contributed by atoms with Crippen LogP contribution in [0.15, 0.2) is 17.1 Å². The van der Waals surface area contributed by atoms with E-state index in [0.717, 1.165) is 19.8 Å². The zero-order chi connectivity index (χ0) is 15.1. The van der Waals surface area contributed by atoms with Gasteiger partial charge in [0.2, 0.25) is 12.9 Å². The van der Waals surface area contributed by atoms with Crippen LogP contribution in [-0.2, 0) is 16.3 Å². The molecular formula is C15H15F2NO3. The van der Waals surface area contributed by atoms with Crippen molar-refractivity contribution < 1.29 is 23.0 Å². The van der Waals surface area contributed by atoms with Crippen molar-refractivity contribution >= 4 is 6.08 Å². The Hall–Kier alpha value is -1.94. The maximum atomic E-state index is 13.7. The van der Waals surface area contributed by atoms with E-state index in [2.05, 4.69) is 4.99 Å². The molecule has 0 spiro atoms. The van der Waals surface area contributed by atoms with Gasteiger partial charge in [0.15, 0.2) is 11.5 Å². The molecule has 1 aromatic carbocycles. The minimum atomic E-state index is -3.00. The molecule has 0 amide bonds. The van der Waals surface area contributed by atoms with Crippen molar-refractivity contribution in [3.63, 3.8) is 0 Å². The van der Waals surface area contributed by atoms with Gasteiger partial charge < -0.3 is 9.47 Å². The highest BCUT2D eigenvalue weighted by atomic mass is 19.3. The Balaban J connectivity index is 2.21. The smallest absolute Gasteiger partial charge is 0.270 e. The summed E-state index contributed by atoms with van der Waals surface area (Å²) in [4.78, 5) is 14.7. The second kappa shape index (κ2) is 4.81. The first-order valence-corrected chi connectivity index (χ1v) is 6.88. The van der Waals surface area contributed by atoms with Crippen LogP contribution >= 0.6 is 0 Å². The molecule has 0 N–H and O–H groups in total. The van der Waals surface area contributed by atoms with Gasteiger partial charge in [-0.1, -0.05) is 12.8 Å². The summed E-state index contributed by atoms with van der Waals surface area (Å²) in [6.45, 7) is 0.820. The first kappa shape index (κ1) is 14.0. The van der Waals surface area contributed by atoms with Crippen LogP contribution in [0, 0.1) is 0 Å². The Morgan fingerprint density at radius 1 is 1.29 bits per heavy atom. The summed E-state index contributed by atoms with van der Waals surface area (Å²) in [5.41, 5.74) is -0.468. The Kier molecular flexibility index (Phi) is 3.21. The van der Waals surface area contributed by atoms with Crippen LogP contribution in [0.5, 0.6) is 11.5 Å². The Bertz CT molecular complexity index is 612. The topological polar surface area (TPSA) is 47.9 Å². The minimum absolute atomic E-state index is 0.0119. The molecule has 0 atom stereocenters. The Morgan fingerprint density at radius 2 is 2.00 bits per heavy atom. The van der Waals surface area contributed by atoms with Crippen LogP contribution in [0.1, 0.15) is 43.7 Å². The van der Waals surface area contributed by atoms with Crippen molar-refractivity contribution in [2.45, 2.75) is 44.1 Å². The molecule has 0 unspecified atom stereocenters. The zero-order valence-electron chi connectivity index (χ0n) is 11.6. The van der Waals surface area contributed by atoms with Crippen molar-refractivity contribution in [3.05, 3.63) is 23.3 Å². The summed E-state index contributed by atoms with van der Waals surface area (Å²) in [7, 11) is 0. The highest BCUT2D eigenvalue weighted by Gasteiger charge is 2.42. The summed E-state index contributed by atoms with van der Waals surface area (Å²) < 4.78 is 38.1. The number of alkyl halides is 2. The number of carbonyl (C=O) groups excluding carboxylic acids is 1. The number of aliphatic imine (C=N–C) groups is 1. The number of hydrogen-bond acceptors (Lipinski definition) is 4. The summed E-state index contributed by atoms with van der Waals surface area (Å²) in [6.07, 6.45) is 4.60. The molecule has 1 aliphatic carbocycles. The highest BCUT2D eigenvalue weighted by Crippen LogP contribution is 2.51. The summed E-state index contributed by atoms with van der Waals surface area (Å²) in [5.74, 6) is -2.29. The molecule has 3 rings (SSSR count). The zero-order valence-corrected chi connectivity index (χ0v) is 11.6. The van der Waals surface area contributed by atoms with Crippen molar-refractivity contribution in [1.29, 1.82) is 0 Å². The van der Waals surface area contributed by atoms with Crippen molar-refractivity contribution in [3.8, 4) is 11.5 Å². The van der Waals surface area contributed by atoms with E-state index < -0.39 is 11.5 Å². The number of rotatable bonds is 3. The molecule has 112 valence electrons. The largest absolute Gasteiger partial charge is 0.454 e. The molecule has 6 heteroatoms. The predicted molar refractivity (Wildman–Crippen MR) is 70.4 cm³/mol. The van der Waals surface area contributed by atoms with Gasteiger partial charge in [0.1, 0.15) is 5.54 Å². The van der Waals surface area contributed by atoms with Gasteiger partial charge in [-0.25, -0.2) is 13.6 Å². The molecule has 2 aliphatic rings. The van der Waals surface area contributed by atoms with E-state index in [4.69, 9.17) is 9.47 Å². The van der Waals surface area contributed by atoms with Crippen molar-refractivity contribution in [2.75, 3.05) is 6.79 Å². The lowest BCUT2D eigenvalue weighted by Crippen LogP contribution is -2.21. The third-order valence-electron chi connectivity index (χ3n) is 4.17. The number of benzene rings is 1. The fourth-order valence-electron chi connectivity index (χ4n) is 3.10. The average molecular weight is 295 g/mol. The molecule has 1 heterocycles. The van der Waals surface area contributed by atoms with Crippen LogP contribution < -0.4 is 9.47 Å². The third kappa shape index (κ3) is 2.29. The summed E-state index contributed by atoms with van der Waals surface area (Å²) in [6, 6.07) is 2.68. The van der Waals surface area contributed by atoms with E-state index in [-0.39, 0.29) is 18.1 Å². The third-order valence-corrected chi connectivity index (χ3v) is 4.17. The molecule has 1 fully saturated rings. The number of isocyanates is 1. The fourth-order valence-corrected chi connectivity index (χ4v) is 3.10. The fraction of sp³-hybridized carbons (Fsp3) is 0.533. The van der Waals surface area contributed by atoms with Gasteiger partial charge >= 0.3 is 0 Å². The quantitative estimate of drug-likeness (QED) is 0.632. The molecule has 0 saturated heterocycles. The van der Waals surface area contributed by atoms with Crippen LogP contribution in [0.3, 0.4) is 0 Å². The molecule has 1 saturated carbocycles. The molecule has 1 aliphatic heterocycles. The van der Waals surface area contributed by atoms with E-state index >= 15 is 0 Å². The molecule has 1 aromatic rings. The summed E-state index contributed by atoms with van der Waals surface area (Å²) >= 11 is 0. The second-order valence-electron chi connectivity index (χ2n) is 5.59. The molecule has 21 heavy (non-hydrogen) atoms. The van der Waals surface area contributed by atoms with Crippen LogP contribution in [0.4, 0.5) is 8.78 Å². The first-order chi connectivity index (χ1) is 9.96. The molecule has 0 aromatic heterocycles.